The molecular formula is C15H22N2O3. The molecule has 1 aromatic rings. The Balaban J connectivity index is 2.90. The number of benzene rings is 1. The second-order valence-corrected chi connectivity index (χ2v) is 6.06. The predicted octanol–water partition coefficient (Wildman–Crippen LogP) is 2.20. The van der Waals surface area contributed by atoms with Crippen LogP contribution in [0.5, 0.6) is 0 Å². The number of nitrogens with two attached hydrogens (primary N) is 1. The number of rotatable bonds is 4. The Kier molecular flexibility index (Phi) is 4.76. The third kappa shape index (κ3) is 4.26. The molecule has 1 rings (SSSR count). The highest BCUT2D eigenvalue weighted by atomic mass is 16.4. The second kappa shape index (κ2) is 5.94. The van der Waals surface area contributed by atoms with E-state index in [4.69, 9.17) is 10.8 Å². The van der Waals surface area contributed by atoms with Crippen molar-refractivity contribution in [2.45, 2.75) is 40.2 Å². The minimum atomic E-state index is -0.932. The van der Waals surface area contributed by atoms with E-state index in [0.29, 0.717) is 11.3 Å². The predicted molar refractivity (Wildman–Crippen MR) is 78.6 cm³/mol. The summed E-state index contributed by atoms with van der Waals surface area (Å²) in [5.41, 5.74) is 7.31. The van der Waals surface area contributed by atoms with E-state index >= 15 is 0 Å². The van der Waals surface area contributed by atoms with Crippen LogP contribution < -0.4 is 11.1 Å². The van der Waals surface area contributed by atoms with Gasteiger partial charge in [0.25, 0.3) is 5.91 Å². The van der Waals surface area contributed by atoms with Gasteiger partial charge < -0.3 is 16.2 Å². The summed E-state index contributed by atoms with van der Waals surface area (Å²) in [4.78, 5) is 23.1. The maximum Gasteiger partial charge on any atom is 0.305 e. The Morgan fingerprint density at radius 3 is 2.40 bits per heavy atom. The lowest BCUT2D eigenvalue weighted by Crippen LogP contribution is -2.45. The standard InChI is InChI=1S/C15H22N2O3/c1-9-7-10(5-6-11(9)16)14(20)17-12(8-13(18)19)15(2,3)4/h5-7,12H,8,16H2,1-4H3,(H,17,20)(H,18,19). The Hall–Kier alpha value is -2.04. The highest BCUT2D eigenvalue weighted by Gasteiger charge is 2.28. The lowest BCUT2D eigenvalue weighted by atomic mass is 9.84. The average Bonchev–Trinajstić information content (AvgIpc) is 2.30. The molecule has 1 amide bonds. The quantitative estimate of drug-likeness (QED) is 0.736. The van der Waals surface area contributed by atoms with Gasteiger partial charge in [0, 0.05) is 17.3 Å². The number of anilines is 1. The fourth-order valence-corrected chi connectivity index (χ4v) is 1.81. The molecule has 0 heterocycles. The van der Waals surface area contributed by atoms with Gasteiger partial charge in [-0.05, 0) is 36.1 Å². The largest absolute Gasteiger partial charge is 0.481 e. The van der Waals surface area contributed by atoms with Crippen LogP contribution in [0.2, 0.25) is 0 Å². The van der Waals surface area contributed by atoms with Crippen molar-refractivity contribution in [1.82, 2.24) is 5.32 Å². The Bertz CT molecular complexity index is 518. The smallest absolute Gasteiger partial charge is 0.305 e. The number of hydrogen-bond acceptors (Lipinski definition) is 3. The summed E-state index contributed by atoms with van der Waals surface area (Å²) < 4.78 is 0. The number of nitrogens with one attached hydrogen (secondary N) is 1. The van der Waals surface area contributed by atoms with Crippen molar-refractivity contribution in [2.24, 2.45) is 5.41 Å². The number of nitrogen functional groups attached to an aromatic ring is 1. The number of carbonyl (C=O) groups is 2. The van der Waals surface area contributed by atoms with Gasteiger partial charge in [-0.15, -0.1) is 0 Å². The maximum atomic E-state index is 12.2. The highest BCUT2D eigenvalue weighted by molar-refractivity contribution is 5.95. The summed E-state index contributed by atoms with van der Waals surface area (Å²) >= 11 is 0. The number of aliphatic carboxylic acids is 1. The fraction of sp³-hybridized carbons (Fsp3) is 0.467. The summed E-state index contributed by atoms with van der Waals surface area (Å²) in [6.45, 7) is 7.52. The van der Waals surface area contributed by atoms with Crippen LogP contribution in [0.1, 0.15) is 43.1 Å². The Labute approximate surface area is 119 Å². The first-order valence-corrected chi connectivity index (χ1v) is 6.50. The zero-order valence-electron chi connectivity index (χ0n) is 12.4. The van der Waals surface area contributed by atoms with Crippen LogP contribution in [0.3, 0.4) is 0 Å². The van der Waals surface area contributed by atoms with E-state index in [1.165, 1.54) is 0 Å². The molecule has 0 aliphatic carbocycles. The van der Waals surface area contributed by atoms with Gasteiger partial charge >= 0.3 is 5.97 Å². The van der Waals surface area contributed by atoms with Crippen molar-refractivity contribution in [1.29, 1.82) is 0 Å². The van der Waals surface area contributed by atoms with Gasteiger partial charge in [0.15, 0.2) is 0 Å². The summed E-state index contributed by atoms with van der Waals surface area (Å²) in [5, 5.41) is 11.7. The highest BCUT2D eigenvalue weighted by Crippen LogP contribution is 2.22. The van der Waals surface area contributed by atoms with Crippen LogP contribution in [0.4, 0.5) is 5.69 Å². The third-order valence-electron chi connectivity index (χ3n) is 3.26. The molecular weight excluding hydrogens is 256 g/mol. The summed E-state index contributed by atoms with van der Waals surface area (Å²) in [6.07, 6.45) is -0.108. The summed E-state index contributed by atoms with van der Waals surface area (Å²) in [5.74, 6) is -1.21. The van der Waals surface area contributed by atoms with E-state index in [1.807, 2.05) is 27.7 Å². The van der Waals surface area contributed by atoms with Crippen molar-refractivity contribution in [3.05, 3.63) is 29.3 Å². The number of aryl methyl sites for hydroxylation is 1. The first kappa shape index (κ1) is 16.0. The molecule has 0 aliphatic heterocycles. The van der Waals surface area contributed by atoms with Gasteiger partial charge in [0.05, 0.1) is 6.42 Å². The second-order valence-electron chi connectivity index (χ2n) is 6.06. The molecule has 5 heteroatoms. The zero-order valence-corrected chi connectivity index (χ0v) is 12.4. The number of carboxylic acid groups (broad SMARTS) is 1. The number of amides is 1. The maximum absolute atomic E-state index is 12.2. The van der Waals surface area contributed by atoms with E-state index in [2.05, 4.69) is 5.32 Å². The molecule has 5 nitrogen and oxygen atoms in total. The van der Waals surface area contributed by atoms with Gasteiger partial charge in [-0.2, -0.15) is 0 Å². The minimum absolute atomic E-state index is 0.108. The molecule has 0 fully saturated rings. The van der Waals surface area contributed by atoms with Gasteiger partial charge in [-0.1, -0.05) is 20.8 Å². The molecule has 110 valence electrons. The molecule has 0 spiro atoms. The van der Waals surface area contributed by atoms with Crippen LogP contribution in [0.25, 0.3) is 0 Å². The minimum Gasteiger partial charge on any atom is -0.481 e. The van der Waals surface area contributed by atoms with Crippen LogP contribution in [0, 0.1) is 12.3 Å². The van der Waals surface area contributed by atoms with E-state index in [1.54, 1.807) is 18.2 Å². The van der Waals surface area contributed by atoms with E-state index in [9.17, 15) is 9.59 Å². The van der Waals surface area contributed by atoms with Gasteiger partial charge in [-0.25, -0.2) is 0 Å². The van der Waals surface area contributed by atoms with Crippen molar-refractivity contribution >= 4 is 17.6 Å². The first-order chi connectivity index (χ1) is 9.11. The lowest BCUT2D eigenvalue weighted by Gasteiger charge is -2.30. The molecule has 4 N–H and O–H groups in total. The van der Waals surface area contributed by atoms with E-state index in [-0.39, 0.29) is 17.7 Å². The summed E-state index contributed by atoms with van der Waals surface area (Å²) in [7, 11) is 0. The van der Waals surface area contributed by atoms with Crippen molar-refractivity contribution in [3.8, 4) is 0 Å². The van der Waals surface area contributed by atoms with Crippen molar-refractivity contribution in [3.63, 3.8) is 0 Å². The van der Waals surface area contributed by atoms with Crippen molar-refractivity contribution in [2.75, 3.05) is 5.73 Å². The Morgan fingerprint density at radius 1 is 1.35 bits per heavy atom. The molecule has 0 saturated carbocycles. The normalized spacial score (nSPS) is 12.8. The van der Waals surface area contributed by atoms with Crippen LogP contribution in [0.15, 0.2) is 18.2 Å². The van der Waals surface area contributed by atoms with Crippen LogP contribution in [-0.4, -0.2) is 23.0 Å². The molecule has 1 atom stereocenters. The van der Waals surface area contributed by atoms with Gasteiger partial charge in [-0.3, -0.25) is 9.59 Å². The lowest BCUT2D eigenvalue weighted by molar-refractivity contribution is -0.138. The molecule has 1 unspecified atom stereocenters. The molecule has 1 aromatic carbocycles. The number of carboxylic acids is 1. The molecule has 0 radical (unpaired) electrons. The van der Waals surface area contributed by atoms with Gasteiger partial charge in [0.1, 0.15) is 0 Å². The Morgan fingerprint density at radius 2 is 1.95 bits per heavy atom. The monoisotopic (exact) mass is 278 g/mol. The van der Waals surface area contributed by atoms with E-state index in [0.717, 1.165) is 5.56 Å². The van der Waals surface area contributed by atoms with E-state index < -0.39 is 12.0 Å². The average molecular weight is 278 g/mol. The first-order valence-electron chi connectivity index (χ1n) is 6.50. The summed E-state index contributed by atoms with van der Waals surface area (Å²) in [6, 6.07) is 4.57. The molecule has 20 heavy (non-hydrogen) atoms. The van der Waals surface area contributed by atoms with Crippen LogP contribution in [-0.2, 0) is 4.79 Å². The number of hydrogen-bond donors (Lipinski definition) is 3. The van der Waals surface area contributed by atoms with Gasteiger partial charge in [0.2, 0.25) is 0 Å². The topological polar surface area (TPSA) is 92.4 Å². The third-order valence-corrected chi connectivity index (χ3v) is 3.26. The SMILES string of the molecule is Cc1cc(C(=O)NC(CC(=O)O)C(C)(C)C)ccc1N. The van der Waals surface area contributed by atoms with Crippen LogP contribution >= 0.6 is 0 Å². The number of carbonyl (C=O) groups excluding carboxylic acids is 1. The molecule has 0 aliphatic rings. The zero-order chi connectivity index (χ0) is 15.5. The molecule has 0 aromatic heterocycles. The van der Waals surface area contributed by atoms with Crippen molar-refractivity contribution < 1.29 is 14.7 Å². The molecule has 0 saturated heterocycles. The molecule has 0 bridgehead atoms. The fourth-order valence-electron chi connectivity index (χ4n) is 1.81.